The highest BCUT2D eigenvalue weighted by Crippen LogP contribution is 2.40. The average molecular weight is 404 g/mol. The van der Waals surface area contributed by atoms with E-state index >= 15 is 0 Å². The summed E-state index contributed by atoms with van der Waals surface area (Å²) in [5.74, 6) is 2.93. The average Bonchev–Trinajstić information content (AvgIpc) is 3.33. The zero-order chi connectivity index (χ0) is 20.5. The molecule has 154 valence electrons. The molecule has 0 aliphatic carbocycles. The van der Waals surface area contributed by atoms with Gasteiger partial charge in [0.15, 0.2) is 5.90 Å². The number of rotatable bonds is 7. The lowest BCUT2D eigenvalue weighted by atomic mass is 9.79. The summed E-state index contributed by atoms with van der Waals surface area (Å²) < 4.78 is 6.21. The van der Waals surface area contributed by atoms with Crippen molar-refractivity contribution in [3.8, 4) is 0 Å². The van der Waals surface area contributed by atoms with Crippen LogP contribution in [-0.4, -0.2) is 37.0 Å². The molecule has 0 saturated heterocycles. The Hall–Kier alpha value is -1.55. The summed E-state index contributed by atoms with van der Waals surface area (Å²) >= 11 is 6.14. The Morgan fingerprint density at radius 1 is 1.04 bits per heavy atom. The molecular formula is C23H34ClN3O. The number of benzene rings is 1. The van der Waals surface area contributed by atoms with Crippen molar-refractivity contribution in [1.82, 2.24) is 0 Å². The van der Waals surface area contributed by atoms with Crippen LogP contribution >= 0.6 is 11.6 Å². The van der Waals surface area contributed by atoms with Gasteiger partial charge in [-0.1, -0.05) is 53.1 Å². The maximum absolute atomic E-state index is 6.21. The molecule has 2 heterocycles. The Bertz CT molecular complexity index is 735. The molecular weight excluding hydrogens is 370 g/mol. The minimum absolute atomic E-state index is 0.236. The molecule has 0 N–H and O–H groups in total. The molecule has 1 aromatic carbocycles. The van der Waals surface area contributed by atoms with Crippen molar-refractivity contribution in [2.24, 2.45) is 27.2 Å². The fourth-order valence-electron chi connectivity index (χ4n) is 4.09. The van der Waals surface area contributed by atoms with E-state index in [0.717, 1.165) is 41.8 Å². The number of anilines is 1. The van der Waals surface area contributed by atoms with E-state index in [1.165, 1.54) is 0 Å². The van der Waals surface area contributed by atoms with Crippen LogP contribution in [0.15, 0.2) is 34.3 Å². The minimum Gasteiger partial charge on any atom is -0.478 e. The molecule has 3 rings (SSSR count). The minimum atomic E-state index is -0.285. The number of hydrogen-bond acceptors (Lipinski definition) is 4. The number of hydrogen-bond donors (Lipinski definition) is 0. The van der Waals surface area contributed by atoms with Gasteiger partial charge >= 0.3 is 0 Å². The van der Waals surface area contributed by atoms with Crippen molar-refractivity contribution in [2.45, 2.75) is 66.5 Å². The second kappa shape index (κ2) is 8.44. The number of amidine groups is 1. The molecule has 1 aromatic rings. The van der Waals surface area contributed by atoms with E-state index in [1.54, 1.807) is 0 Å². The molecule has 0 amide bonds. The first kappa shape index (κ1) is 21.2. The molecule has 0 spiro atoms. The van der Waals surface area contributed by atoms with Crippen LogP contribution in [0.3, 0.4) is 0 Å². The topological polar surface area (TPSA) is 37.2 Å². The van der Waals surface area contributed by atoms with Crippen LogP contribution in [0.2, 0.25) is 5.02 Å². The summed E-state index contributed by atoms with van der Waals surface area (Å²) in [7, 11) is 0. The van der Waals surface area contributed by atoms with Gasteiger partial charge in [-0.25, -0.2) is 4.99 Å². The molecule has 0 radical (unpaired) electrons. The van der Waals surface area contributed by atoms with Crippen molar-refractivity contribution >= 4 is 29.0 Å². The van der Waals surface area contributed by atoms with Crippen molar-refractivity contribution in [1.29, 1.82) is 0 Å². The van der Waals surface area contributed by atoms with Crippen LogP contribution < -0.4 is 4.90 Å². The van der Waals surface area contributed by atoms with E-state index in [4.69, 9.17) is 26.3 Å². The van der Waals surface area contributed by atoms with Gasteiger partial charge < -0.3 is 9.64 Å². The van der Waals surface area contributed by atoms with Gasteiger partial charge in [-0.05, 0) is 48.9 Å². The third kappa shape index (κ3) is 3.80. The summed E-state index contributed by atoms with van der Waals surface area (Å²) in [4.78, 5) is 12.6. The first-order valence-electron chi connectivity index (χ1n) is 10.6. The third-order valence-corrected chi connectivity index (χ3v) is 6.56. The second-order valence-electron chi connectivity index (χ2n) is 8.70. The van der Waals surface area contributed by atoms with Gasteiger partial charge in [0.05, 0.1) is 12.1 Å². The van der Waals surface area contributed by atoms with Gasteiger partial charge in [-0.15, -0.1) is 0 Å². The van der Waals surface area contributed by atoms with Gasteiger partial charge in [0.2, 0.25) is 0 Å². The second-order valence-corrected chi connectivity index (χ2v) is 9.13. The predicted octanol–water partition coefficient (Wildman–Crippen LogP) is 5.84. The number of aliphatic imine (C=N–C) groups is 2. The van der Waals surface area contributed by atoms with E-state index in [1.807, 2.05) is 12.1 Å². The zero-order valence-corrected chi connectivity index (χ0v) is 18.8. The zero-order valence-electron chi connectivity index (χ0n) is 18.1. The van der Waals surface area contributed by atoms with E-state index in [0.29, 0.717) is 18.4 Å². The summed E-state index contributed by atoms with van der Waals surface area (Å²) in [6.07, 6.45) is 1.84. The lowest BCUT2D eigenvalue weighted by Crippen LogP contribution is -2.47. The molecule has 0 aromatic heterocycles. The molecule has 2 atom stereocenters. The number of nitrogens with zero attached hydrogens (tertiary/aromatic N) is 3. The molecule has 0 unspecified atom stereocenters. The Kier molecular flexibility index (Phi) is 6.38. The molecule has 0 bridgehead atoms. The Balaban J connectivity index is 2.06. The quantitative estimate of drug-likeness (QED) is 0.573. The first-order valence-corrected chi connectivity index (χ1v) is 11.0. The van der Waals surface area contributed by atoms with Crippen LogP contribution in [0, 0.1) is 17.3 Å². The lowest BCUT2D eigenvalue weighted by molar-refractivity contribution is 0.263. The van der Waals surface area contributed by atoms with Gasteiger partial charge in [0.25, 0.3) is 0 Å². The smallest absolute Gasteiger partial charge is 0.197 e. The van der Waals surface area contributed by atoms with Crippen molar-refractivity contribution < 1.29 is 4.74 Å². The standard InChI is InChI=1S/C23H34ClN3O/c1-7-23(8-2,22-26-20(14-28-22)16(5)6)21-25-19(15(3)4)13-27(21)18-11-9-17(24)10-12-18/h9-12,15-16,19-20H,7-8,13-14H2,1-6H3/t19-,20-/m1/s1. The largest absolute Gasteiger partial charge is 0.478 e. The van der Waals surface area contributed by atoms with Crippen LogP contribution in [0.5, 0.6) is 0 Å². The monoisotopic (exact) mass is 403 g/mol. The van der Waals surface area contributed by atoms with E-state index in [9.17, 15) is 0 Å². The van der Waals surface area contributed by atoms with Gasteiger partial charge in [0, 0.05) is 17.3 Å². The molecule has 0 saturated carbocycles. The van der Waals surface area contributed by atoms with Crippen molar-refractivity contribution in [3.63, 3.8) is 0 Å². The SMILES string of the molecule is CCC(CC)(C1=N[C@@H](C(C)C)CO1)C1=N[C@@H](C(C)C)CN1c1ccc(Cl)cc1. The van der Waals surface area contributed by atoms with Crippen LogP contribution in [0.25, 0.3) is 0 Å². The molecule has 2 aliphatic heterocycles. The van der Waals surface area contributed by atoms with Crippen LogP contribution in [-0.2, 0) is 4.74 Å². The van der Waals surface area contributed by atoms with E-state index < -0.39 is 0 Å². The summed E-state index contributed by atoms with van der Waals surface area (Å²) in [6.45, 7) is 14.9. The van der Waals surface area contributed by atoms with Gasteiger partial charge in [-0.2, -0.15) is 0 Å². The van der Waals surface area contributed by atoms with Crippen LogP contribution in [0.1, 0.15) is 54.4 Å². The highest BCUT2D eigenvalue weighted by molar-refractivity contribution is 6.30. The third-order valence-electron chi connectivity index (χ3n) is 6.31. The Morgan fingerprint density at radius 2 is 1.64 bits per heavy atom. The summed E-state index contributed by atoms with van der Waals surface area (Å²) in [5, 5.41) is 0.752. The van der Waals surface area contributed by atoms with Gasteiger partial charge in [0.1, 0.15) is 17.9 Å². The van der Waals surface area contributed by atoms with Gasteiger partial charge in [-0.3, -0.25) is 4.99 Å². The van der Waals surface area contributed by atoms with Crippen molar-refractivity contribution in [3.05, 3.63) is 29.3 Å². The maximum Gasteiger partial charge on any atom is 0.197 e. The lowest BCUT2D eigenvalue weighted by Gasteiger charge is -2.36. The highest BCUT2D eigenvalue weighted by atomic mass is 35.5. The number of halogens is 1. The number of ether oxygens (including phenoxy) is 1. The Morgan fingerprint density at radius 3 is 2.14 bits per heavy atom. The molecule has 4 nitrogen and oxygen atoms in total. The van der Waals surface area contributed by atoms with Crippen molar-refractivity contribution in [2.75, 3.05) is 18.1 Å². The fraction of sp³-hybridized carbons (Fsp3) is 0.652. The molecule has 2 aliphatic rings. The van der Waals surface area contributed by atoms with E-state index in [-0.39, 0.29) is 17.5 Å². The van der Waals surface area contributed by atoms with E-state index in [2.05, 4.69) is 58.6 Å². The summed E-state index contributed by atoms with van der Waals surface area (Å²) in [5.41, 5.74) is 0.851. The highest BCUT2D eigenvalue weighted by Gasteiger charge is 2.48. The fourth-order valence-corrected chi connectivity index (χ4v) is 4.21. The normalized spacial score (nSPS) is 22.7. The first-order chi connectivity index (χ1) is 13.3. The molecule has 28 heavy (non-hydrogen) atoms. The summed E-state index contributed by atoms with van der Waals surface area (Å²) in [6, 6.07) is 8.59. The molecule has 0 fully saturated rings. The Labute approximate surface area is 175 Å². The molecule has 5 heteroatoms. The van der Waals surface area contributed by atoms with Crippen LogP contribution in [0.4, 0.5) is 5.69 Å². The maximum atomic E-state index is 6.21. The predicted molar refractivity (Wildman–Crippen MR) is 120 cm³/mol.